The summed E-state index contributed by atoms with van der Waals surface area (Å²) < 4.78 is 26.4. The number of nitrogen functional groups attached to an aromatic ring is 1. The quantitative estimate of drug-likeness (QED) is 0.148. The van der Waals surface area contributed by atoms with Crippen LogP contribution in [0.3, 0.4) is 0 Å². The number of carbonyl (C=O) groups excluding carboxylic acids is 2. The van der Waals surface area contributed by atoms with Gasteiger partial charge in [-0.05, 0) is 55.3 Å². The predicted octanol–water partition coefficient (Wildman–Crippen LogP) is 3.65. The summed E-state index contributed by atoms with van der Waals surface area (Å²) in [7, 11) is 1.42. The van der Waals surface area contributed by atoms with E-state index in [1.165, 1.54) is 37.7 Å². The summed E-state index contributed by atoms with van der Waals surface area (Å²) >= 11 is 0. The van der Waals surface area contributed by atoms with Crippen molar-refractivity contribution in [2.75, 3.05) is 19.0 Å². The van der Waals surface area contributed by atoms with Gasteiger partial charge in [0.2, 0.25) is 0 Å². The van der Waals surface area contributed by atoms with Gasteiger partial charge >= 0.3 is 0 Å². The number of nitrogens with zero attached hydrogens (tertiary/aromatic N) is 1. The number of amidine groups is 1. The molecule has 0 saturated heterocycles. The highest BCUT2D eigenvalue weighted by molar-refractivity contribution is 5.97. The third-order valence-electron chi connectivity index (χ3n) is 5.38. The first-order valence-electron chi connectivity index (χ1n) is 11.5. The molecule has 1 aromatic heterocycles. The van der Waals surface area contributed by atoms with Gasteiger partial charge in [0, 0.05) is 40.8 Å². The zero-order chi connectivity index (χ0) is 26.9. The molecule has 202 valence electrons. The molecular weight excluding hydrogens is 515 g/mol. The molecule has 38 heavy (non-hydrogen) atoms. The molecule has 0 aliphatic carbocycles. The standard InChI is InChI=1S/C26H29FN6O4.ClH/c1-4-11-37-21-13-18(36-3)12-20(22(21)27)23(31-17-7-5-16(6-8-17)24(28)29)26(35)33-32-25(34)19-9-10-30-14-15(19)2;/h5-10,12-14,23,31H,4,11H2,1-3H3,(H3,28,29)(H,32,34)(H,33,35);1H. The molecule has 0 aliphatic rings. The lowest BCUT2D eigenvalue weighted by molar-refractivity contribution is -0.122. The molecule has 6 N–H and O–H groups in total. The van der Waals surface area contributed by atoms with E-state index in [4.69, 9.17) is 20.6 Å². The fourth-order valence-corrected chi connectivity index (χ4v) is 3.42. The average molecular weight is 545 g/mol. The van der Waals surface area contributed by atoms with Crippen LogP contribution < -0.4 is 31.4 Å². The molecule has 2 amide bonds. The molecule has 3 aromatic rings. The Kier molecular flexibility index (Phi) is 10.8. The third-order valence-corrected chi connectivity index (χ3v) is 5.38. The van der Waals surface area contributed by atoms with Gasteiger partial charge in [-0.25, -0.2) is 4.39 Å². The summed E-state index contributed by atoms with van der Waals surface area (Å²) in [5.74, 6) is -1.96. The molecule has 0 saturated carbocycles. The smallest absolute Gasteiger partial charge is 0.270 e. The third kappa shape index (κ3) is 7.32. The topological polar surface area (TPSA) is 151 Å². The number of methoxy groups -OCH3 is 1. The van der Waals surface area contributed by atoms with Crippen LogP contribution in [0.2, 0.25) is 0 Å². The van der Waals surface area contributed by atoms with Crippen LogP contribution in [0.5, 0.6) is 11.5 Å². The van der Waals surface area contributed by atoms with Crippen LogP contribution in [-0.4, -0.2) is 36.4 Å². The number of hydrazine groups is 1. The molecule has 0 aliphatic heterocycles. The first-order chi connectivity index (χ1) is 17.7. The average Bonchev–Trinajstić information content (AvgIpc) is 2.90. The zero-order valence-corrected chi connectivity index (χ0v) is 21.9. The van der Waals surface area contributed by atoms with E-state index < -0.39 is 23.7 Å². The van der Waals surface area contributed by atoms with Gasteiger partial charge in [-0.3, -0.25) is 30.8 Å². The van der Waals surface area contributed by atoms with Crippen molar-refractivity contribution >= 4 is 35.7 Å². The van der Waals surface area contributed by atoms with Gasteiger partial charge in [-0.15, -0.1) is 12.4 Å². The molecule has 12 heteroatoms. The van der Waals surface area contributed by atoms with Crippen LogP contribution in [-0.2, 0) is 4.79 Å². The molecule has 0 radical (unpaired) electrons. The lowest BCUT2D eigenvalue weighted by Gasteiger charge is -2.22. The predicted molar refractivity (Wildman–Crippen MR) is 144 cm³/mol. The number of aromatic nitrogens is 1. The number of ether oxygens (including phenoxy) is 2. The number of aryl methyl sites for hydroxylation is 1. The second-order valence-corrected chi connectivity index (χ2v) is 8.08. The minimum atomic E-state index is -1.30. The lowest BCUT2D eigenvalue weighted by Crippen LogP contribution is -2.45. The summed E-state index contributed by atoms with van der Waals surface area (Å²) in [6.07, 6.45) is 3.63. The number of amides is 2. The monoisotopic (exact) mass is 544 g/mol. The van der Waals surface area contributed by atoms with Gasteiger partial charge in [0.15, 0.2) is 11.6 Å². The number of hydrogen-bond acceptors (Lipinski definition) is 7. The van der Waals surface area contributed by atoms with Gasteiger partial charge in [0.05, 0.1) is 13.7 Å². The number of nitrogens with two attached hydrogens (primary N) is 1. The van der Waals surface area contributed by atoms with Crippen molar-refractivity contribution in [1.82, 2.24) is 15.8 Å². The van der Waals surface area contributed by atoms with E-state index >= 15 is 4.39 Å². The normalized spacial score (nSPS) is 10.9. The van der Waals surface area contributed by atoms with Crippen molar-refractivity contribution < 1.29 is 23.5 Å². The molecular formula is C26H30ClFN6O4. The van der Waals surface area contributed by atoms with Crippen LogP contribution in [0.1, 0.15) is 46.4 Å². The fourth-order valence-electron chi connectivity index (χ4n) is 3.42. The van der Waals surface area contributed by atoms with E-state index in [9.17, 15) is 9.59 Å². The van der Waals surface area contributed by atoms with Gasteiger partial charge in [-0.1, -0.05) is 6.92 Å². The summed E-state index contributed by atoms with van der Waals surface area (Å²) in [5.41, 5.74) is 12.0. The molecule has 1 heterocycles. The maximum Gasteiger partial charge on any atom is 0.270 e. The van der Waals surface area contributed by atoms with Crippen molar-refractivity contribution in [3.05, 3.63) is 82.9 Å². The summed E-state index contributed by atoms with van der Waals surface area (Å²) in [6.45, 7) is 3.86. The maximum absolute atomic E-state index is 15.6. The highest BCUT2D eigenvalue weighted by atomic mass is 35.5. The summed E-state index contributed by atoms with van der Waals surface area (Å²) in [5, 5.41) is 10.5. The highest BCUT2D eigenvalue weighted by Crippen LogP contribution is 2.33. The van der Waals surface area contributed by atoms with Crippen molar-refractivity contribution in [2.24, 2.45) is 5.73 Å². The Hall–Kier alpha value is -4.38. The van der Waals surface area contributed by atoms with E-state index in [1.807, 2.05) is 6.92 Å². The Morgan fingerprint density at radius 3 is 2.47 bits per heavy atom. The Balaban J connectivity index is 0.00000507. The molecule has 10 nitrogen and oxygen atoms in total. The number of pyridine rings is 1. The number of carbonyl (C=O) groups is 2. The van der Waals surface area contributed by atoms with Crippen molar-refractivity contribution in [2.45, 2.75) is 26.3 Å². The van der Waals surface area contributed by atoms with Crippen LogP contribution >= 0.6 is 12.4 Å². The number of benzene rings is 2. The SMILES string of the molecule is CCCOc1cc(OC)cc(C(Nc2ccc(C(=N)N)cc2)C(=O)NNC(=O)c2ccncc2C)c1F.Cl. The summed E-state index contributed by atoms with van der Waals surface area (Å²) in [6, 6.07) is 9.37. The molecule has 2 aromatic carbocycles. The fraction of sp³-hybridized carbons (Fsp3) is 0.231. The molecule has 3 rings (SSSR count). The van der Waals surface area contributed by atoms with Crippen LogP contribution in [0, 0.1) is 18.2 Å². The van der Waals surface area contributed by atoms with Crippen LogP contribution in [0.15, 0.2) is 54.9 Å². The number of rotatable bonds is 10. The molecule has 0 fully saturated rings. The Morgan fingerprint density at radius 1 is 1.16 bits per heavy atom. The van der Waals surface area contributed by atoms with E-state index in [-0.39, 0.29) is 41.9 Å². The van der Waals surface area contributed by atoms with Crippen molar-refractivity contribution in [3.8, 4) is 11.5 Å². The number of halogens is 2. The molecule has 0 bridgehead atoms. The lowest BCUT2D eigenvalue weighted by atomic mass is 10.0. The minimum absolute atomic E-state index is 0. The Bertz CT molecular complexity index is 1290. The first-order valence-corrected chi connectivity index (χ1v) is 11.5. The van der Waals surface area contributed by atoms with Crippen LogP contribution in [0.4, 0.5) is 10.1 Å². The van der Waals surface area contributed by atoms with E-state index in [1.54, 1.807) is 31.2 Å². The van der Waals surface area contributed by atoms with Gasteiger partial charge in [-0.2, -0.15) is 0 Å². The summed E-state index contributed by atoms with van der Waals surface area (Å²) in [4.78, 5) is 29.9. The second kappa shape index (κ2) is 13.8. The molecule has 1 atom stereocenters. The molecule has 0 spiro atoms. The van der Waals surface area contributed by atoms with E-state index in [0.717, 1.165) is 0 Å². The largest absolute Gasteiger partial charge is 0.497 e. The maximum atomic E-state index is 15.6. The van der Waals surface area contributed by atoms with Gasteiger partial charge in [0.1, 0.15) is 17.6 Å². The minimum Gasteiger partial charge on any atom is -0.497 e. The number of hydrogen-bond donors (Lipinski definition) is 5. The molecule has 1 unspecified atom stereocenters. The van der Waals surface area contributed by atoms with Crippen molar-refractivity contribution in [1.29, 1.82) is 5.41 Å². The first kappa shape index (κ1) is 29.8. The van der Waals surface area contributed by atoms with E-state index in [2.05, 4.69) is 21.2 Å². The zero-order valence-electron chi connectivity index (χ0n) is 21.1. The Morgan fingerprint density at radius 2 is 1.87 bits per heavy atom. The second-order valence-electron chi connectivity index (χ2n) is 8.08. The number of nitrogens with one attached hydrogen (secondary N) is 4. The van der Waals surface area contributed by atoms with E-state index in [0.29, 0.717) is 28.8 Å². The number of anilines is 1. The van der Waals surface area contributed by atoms with Gasteiger partial charge in [0.25, 0.3) is 11.8 Å². The van der Waals surface area contributed by atoms with Crippen molar-refractivity contribution in [3.63, 3.8) is 0 Å². The van der Waals surface area contributed by atoms with Crippen LogP contribution in [0.25, 0.3) is 0 Å². The highest BCUT2D eigenvalue weighted by Gasteiger charge is 2.28. The Labute approximate surface area is 226 Å². The van der Waals surface area contributed by atoms with Gasteiger partial charge < -0.3 is 20.5 Å².